The van der Waals surface area contributed by atoms with E-state index in [-0.39, 0.29) is 29.5 Å². The molecule has 0 aliphatic heterocycles. The molecule has 0 fully saturated rings. The molecule has 0 saturated heterocycles. The summed E-state index contributed by atoms with van der Waals surface area (Å²) in [7, 11) is -3.35. The first-order chi connectivity index (χ1) is 18.5. The maximum Gasteiger partial charge on any atom is 0.416 e. The van der Waals surface area contributed by atoms with Gasteiger partial charge in [-0.1, -0.05) is 25.1 Å². The van der Waals surface area contributed by atoms with Gasteiger partial charge in [0, 0.05) is 23.7 Å². The number of nitrogens with zero attached hydrogens (tertiary/aromatic N) is 1. The van der Waals surface area contributed by atoms with Crippen molar-refractivity contribution >= 4 is 26.5 Å². The van der Waals surface area contributed by atoms with Crippen LogP contribution in [0, 0.1) is 0 Å². The molecule has 2 N–H and O–H groups in total. The van der Waals surface area contributed by atoms with Crippen LogP contribution in [-0.4, -0.2) is 36.7 Å². The first-order valence-corrected chi connectivity index (χ1v) is 13.6. The van der Waals surface area contributed by atoms with Gasteiger partial charge >= 0.3 is 6.18 Å². The molecule has 0 aliphatic carbocycles. The Labute approximate surface area is 223 Å². The van der Waals surface area contributed by atoms with Crippen molar-refractivity contribution in [2.24, 2.45) is 0 Å². The van der Waals surface area contributed by atoms with Crippen molar-refractivity contribution in [3.05, 3.63) is 101 Å². The summed E-state index contributed by atoms with van der Waals surface area (Å²) in [6, 6.07) is 16.9. The third kappa shape index (κ3) is 6.73. The lowest BCUT2D eigenvalue weighted by atomic mass is 10.1. The molecule has 11 heteroatoms. The number of hydrogen-bond donors (Lipinski definition) is 2. The molecule has 0 saturated carbocycles. The fraction of sp³-hybridized carbons (Fsp3) is 0.214. The molecule has 204 valence electrons. The van der Waals surface area contributed by atoms with Crippen LogP contribution in [0.1, 0.15) is 40.2 Å². The minimum atomic E-state index is -4.43. The summed E-state index contributed by atoms with van der Waals surface area (Å²) in [6.45, 7) is 1.48. The third-order valence-corrected chi connectivity index (χ3v) is 7.88. The number of nitrogens with one attached hydrogen (secondary N) is 1. The average molecular weight is 559 g/mol. The molecule has 0 spiro atoms. The highest BCUT2D eigenvalue weighted by molar-refractivity contribution is 7.91. The molecule has 4 rings (SSSR count). The van der Waals surface area contributed by atoms with E-state index >= 15 is 0 Å². The number of carbonyl (C=O) groups is 1. The van der Waals surface area contributed by atoms with Gasteiger partial charge < -0.3 is 15.2 Å². The fourth-order valence-electron chi connectivity index (χ4n) is 3.86. The van der Waals surface area contributed by atoms with E-state index in [2.05, 4.69) is 10.3 Å². The highest BCUT2D eigenvalue weighted by atomic mass is 32.2. The van der Waals surface area contributed by atoms with Crippen molar-refractivity contribution < 1.29 is 36.2 Å². The first-order valence-electron chi connectivity index (χ1n) is 11.9. The number of fused-ring (bicyclic) bond motifs is 1. The zero-order valence-corrected chi connectivity index (χ0v) is 21.6. The molecular formula is C28H25F3N2O5S. The summed E-state index contributed by atoms with van der Waals surface area (Å²) in [5.74, 6) is -0.182. The van der Waals surface area contributed by atoms with E-state index < -0.39 is 33.6 Å². The Kier molecular flexibility index (Phi) is 8.22. The van der Waals surface area contributed by atoms with Gasteiger partial charge in [-0.05, 0) is 65.5 Å². The van der Waals surface area contributed by atoms with Crippen LogP contribution in [0.5, 0.6) is 5.75 Å². The lowest BCUT2D eigenvalue weighted by Gasteiger charge is -2.14. The molecule has 1 atom stereocenters. The molecule has 0 aliphatic rings. The zero-order valence-electron chi connectivity index (χ0n) is 20.8. The number of aliphatic hydroxyl groups excluding tert-OH is 1. The van der Waals surface area contributed by atoms with Crippen molar-refractivity contribution in [3.8, 4) is 5.75 Å². The highest BCUT2D eigenvalue weighted by Gasteiger charge is 2.30. The van der Waals surface area contributed by atoms with Gasteiger partial charge in [0.05, 0.1) is 28.0 Å². The molecule has 0 unspecified atom stereocenters. The number of ether oxygens (including phenoxy) is 1. The van der Waals surface area contributed by atoms with Gasteiger partial charge in [0.15, 0.2) is 9.84 Å². The standard InChI is InChI=1S/C28H25F3N2O5S/c1-2-39(36,37)23-10-3-18(4-11-23)26(34)16-33-27(35)20-5-12-24-19(15-20)13-14-32-25(24)17-38-22-8-6-21(7-9-22)28(29,30)31/h3-15,26,34H,2,16-17H2,1H3,(H,33,35)/t26-/m0/s1. The van der Waals surface area contributed by atoms with Gasteiger partial charge in [0.1, 0.15) is 12.4 Å². The Bertz CT molecular complexity index is 1570. The second-order valence-electron chi connectivity index (χ2n) is 8.70. The van der Waals surface area contributed by atoms with Gasteiger partial charge in [0.25, 0.3) is 5.91 Å². The molecular weight excluding hydrogens is 533 g/mol. The normalized spacial score (nSPS) is 12.7. The van der Waals surface area contributed by atoms with Crippen LogP contribution in [0.25, 0.3) is 10.8 Å². The maximum absolute atomic E-state index is 12.8. The number of amides is 1. The number of aromatic nitrogens is 1. The largest absolute Gasteiger partial charge is 0.487 e. The van der Waals surface area contributed by atoms with Gasteiger partial charge in [0.2, 0.25) is 0 Å². The molecule has 1 aromatic heterocycles. The summed E-state index contributed by atoms with van der Waals surface area (Å²) in [5, 5.41) is 14.5. The average Bonchev–Trinajstić information content (AvgIpc) is 2.94. The maximum atomic E-state index is 12.8. The summed E-state index contributed by atoms with van der Waals surface area (Å²) >= 11 is 0. The number of carbonyl (C=O) groups excluding carboxylic acids is 1. The Morgan fingerprint density at radius 2 is 1.72 bits per heavy atom. The van der Waals surface area contributed by atoms with Gasteiger partial charge in [-0.25, -0.2) is 8.42 Å². The second-order valence-corrected chi connectivity index (χ2v) is 11.0. The second kappa shape index (κ2) is 11.4. The van der Waals surface area contributed by atoms with E-state index in [1.165, 1.54) is 36.4 Å². The van der Waals surface area contributed by atoms with Crippen molar-refractivity contribution in [1.82, 2.24) is 10.3 Å². The number of halogens is 3. The predicted octanol–water partition coefficient (Wildman–Crippen LogP) is 5.09. The van der Waals surface area contributed by atoms with E-state index in [0.717, 1.165) is 12.1 Å². The molecule has 7 nitrogen and oxygen atoms in total. The summed E-state index contributed by atoms with van der Waals surface area (Å²) in [4.78, 5) is 17.2. The Hall–Kier alpha value is -3.96. The predicted molar refractivity (Wildman–Crippen MR) is 139 cm³/mol. The minimum absolute atomic E-state index is 0.0127. The van der Waals surface area contributed by atoms with Crippen LogP contribution < -0.4 is 10.1 Å². The number of hydrogen-bond acceptors (Lipinski definition) is 6. The molecule has 1 amide bonds. The van der Waals surface area contributed by atoms with E-state index in [4.69, 9.17) is 4.74 Å². The van der Waals surface area contributed by atoms with E-state index in [9.17, 15) is 31.5 Å². The molecule has 0 bridgehead atoms. The first kappa shape index (κ1) is 28.1. The number of aliphatic hydroxyl groups is 1. The van der Waals surface area contributed by atoms with Crippen LogP contribution in [0.3, 0.4) is 0 Å². The number of sulfone groups is 1. The molecule has 3 aromatic carbocycles. The number of rotatable bonds is 9. The van der Waals surface area contributed by atoms with E-state index in [1.54, 1.807) is 37.4 Å². The van der Waals surface area contributed by atoms with Crippen molar-refractivity contribution in [2.75, 3.05) is 12.3 Å². The Morgan fingerprint density at radius 3 is 2.36 bits per heavy atom. The Balaban J connectivity index is 1.39. The topological polar surface area (TPSA) is 106 Å². The van der Waals surface area contributed by atoms with Gasteiger partial charge in [-0.2, -0.15) is 13.2 Å². The van der Waals surface area contributed by atoms with Crippen molar-refractivity contribution in [2.45, 2.75) is 30.7 Å². The third-order valence-electron chi connectivity index (χ3n) is 6.13. The quantitative estimate of drug-likeness (QED) is 0.297. The van der Waals surface area contributed by atoms with E-state index in [1.807, 2.05) is 0 Å². The molecule has 39 heavy (non-hydrogen) atoms. The summed E-state index contributed by atoms with van der Waals surface area (Å²) in [5.41, 5.74) is 0.590. The molecule has 0 radical (unpaired) electrons. The van der Waals surface area contributed by atoms with Gasteiger partial charge in [-0.3, -0.25) is 9.78 Å². The van der Waals surface area contributed by atoms with E-state index in [0.29, 0.717) is 27.6 Å². The molecule has 4 aromatic rings. The van der Waals surface area contributed by atoms with Crippen LogP contribution in [0.15, 0.2) is 83.9 Å². The SMILES string of the molecule is CCS(=O)(=O)c1ccc([C@@H](O)CNC(=O)c2ccc3c(COc4ccc(C(F)(F)F)cc4)nccc3c2)cc1. The van der Waals surface area contributed by atoms with Gasteiger partial charge in [-0.15, -0.1) is 0 Å². The number of alkyl halides is 3. The summed E-state index contributed by atoms with van der Waals surface area (Å²) < 4.78 is 67.8. The van der Waals surface area contributed by atoms with Crippen LogP contribution in [0.2, 0.25) is 0 Å². The minimum Gasteiger partial charge on any atom is -0.487 e. The van der Waals surface area contributed by atoms with Crippen LogP contribution in [0.4, 0.5) is 13.2 Å². The van der Waals surface area contributed by atoms with Crippen molar-refractivity contribution in [1.29, 1.82) is 0 Å². The van der Waals surface area contributed by atoms with Crippen molar-refractivity contribution in [3.63, 3.8) is 0 Å². The van der Waals surface area contributed by atoms with Crippen LogP contribution in [-0.2, 0) is 22.6 Å². The Morgan fingerprint density at radius 1 is 1.03 bits per heavy atom. The fourth-order valence-corrected chi connectivity index (χ4v) is 4.75. The number of pyridine rings is 1. The zero-order chi connectivity index (χ0) is 28.2. The number of benzene rings is 3. The monoisotopic (exact) mass is 558 g/mol. The smallest absolute Gasteiger partial charge is 0.416 e. The van der Waals surface area contributed by atoms with Crippen LogP contribution >= 0.6 is 0 Å². The summed E-state index contributed by atoms with van der Waals surface area (Å²) in [6.07, 6.45) is -3.92. The lowest BCUT2D eigenvalue weighted by Crippen LogP contribution is -2.28. The highest BCUT2D eigenvalue weighted by Crippen LogP contribution is 2.30. The lowest BCUT2D eigenvalue weighted by molar-refractivity contribution is -0.137. The molecule has 1 heterocycles.